The van der Waals surface area contributed by atoms with E-state index in [4.69, 9.17) is 0 Å². The molecule has 0 spiro atoms. The Morgan fingerprint density at radius 3 is 2.94 bits per heavy atom. The van der Waals surface area contributed by atoms with Crippen LogP contribution in [-0.4, -0.2) is 13.1 Å². The minimum Gasteiger partial charge on any atom is -0.389 e. The summed E-state index contributed by atoms with van der Waals surface area (Å²) in [4.78, 5) is 0. The van der Waals surface area contributed by atoms with Crippen LogP contribution in [0.3, 0.4) is 0 Å². The minimum atomic E-state index is 0.601. The molecular weight excluding hydrogens is 220 g/mol. The quantitative estimate of drug-likeness (QED) is 0.831. The Morgan fingerprint density at radius 1 is 1.33 bits per heavy atom. The summed E-state index contributed by atoms with van der Waals surface area (Å²) >= 11 is 0. The third-order valence-electron chi connectivity index (χ3n) is 3.89. The lowest BCUT2D eigenvalue weighted by molar-refractivity contribution is 0.362. The summed E-state index contributed by atoms with van der Waals surface area (Å²) < 4.78 is 0. The summed E-state index contributed by atoms with van der Waals surface area (Å²) in [6.07, 6.45) is 6.97. The first-order valence-electron chi connectivity index (χ1n) is 6.94. The fraction of sp³-hybridized carbons (Fsp3) is 0.500. The average Bonchev–Trinajstić information content (AvgIpc) is 2.40. The lowest BCUT2D eigenvalue weighted by Crippen LogP contribution is -2.30. The summed E-state index contributed by atoms with van der Waals surface area (Å²) in [5.41, 5.74) is 2.98. The van der Waals surface area contributed by atoms with E-state index in [-0.39, 0.29) is 0 Å². The van der Waals surface area contributed by atoms with Crippen molar-refractivity contribution >= 4 is 0 Å². The molecule has 1 aliphatic carbocycles. The highest BCUT2D eigenvalue weighted by molar-refractivity contribution is 5.31. The van der Waals surface area contributed by atoms with Crippen molar-refractivity contribution in [2.24, 2.45) is 0 Å². The minimum absolute atomic E-state index is 0.601. The van der Waals surface area contributed by atoms with Crippen LogP contribution in [0.2, 0.25) is 0 Å². The van der Waals surface area contributed by atoms with Crippen LogP contribution >= 0.6 is 0 Å². The molecule has 1 fully saturated rings. The predicted molar refractivity (Wildman–Crippen MR) is 77.5 cm³/mol. The van der Waals surface area contributed by atoms with Crippen molar-refractivity contribution < 1.29 is 0 Å². The normalized spacial score (nSPS) is 23.6. The molecule has 0 bridgehead atoms. The van der Waals surface area contributed by atoms with E-state index in [9.17, 15) is 0 Å². The van der Waals surface area contributed by atoms with Gasteiger partial charge in [0.1, 0.15) is 0 Å². The Kier molecular flexibility index (Phi) is 4.82. The Balaban J connectivity index is 2.12. The van der Waals surface area contributed by atoms with Gasteiger partial charge >= 0.3 is 0 Å². The average molecular weight is 244 g/mol. The largest absolute Gasteiger partial charge is 0.389 e. The lowest BCUT2D eigenvalue weighted by Gasteiger charge is -2.30. The summed E-state index contributed by atoms with van der Waals surface area (Å²) in [6, 6.07) is 9.45. The molecule has 2 rings (SSSR count). The highest BCUT2D eigenvalue weighted by atomic mass is 14.9. The summed E-state index contributed by atoms with van der Waals surface area (Å²) in [7, 11) is 2.01. The van der Waals surface area contributed by atoms with Gasteiger partial charge in [-0.25, -0.2) is 0 Å². The zero-order valence-electron chi connectivity index (χ0n) is 11.3. The van der Waals surface area contributed by atoms with Gasteiger partial charge in [0.25, 0.3) is 0 Å². The maximum absolute atomic E-state index is 3.78. The van der Waals surface area contributed by atoms with Crippen LogP contribution in [0.4, 0.5) is 0 Å². The van der Waals surface area contributed by atoms with Crippen LogP contribution in [0.1, 0.15) is 42.7 Å². The highest BCUT2D eigenvalue weighted by Crippen LogP contribution is 2.34. The van der Waals surface area contributed by atoms with E-state index < -0.39 is 0 Å². The van der Waals surface area contributed by atoms with Crippen LogP contribution in [-0.2, 0) is 6.54 Å². The van der Waals surface area contributed by atoms with Crippen LogP contribution in [0.25, 0.3) is 0 Å². The first-order chi connectivity index (χ1) is 8.85. The predicted octanol–water partition coefficient (Wildman–Crippen LogP) is 3.17. The van der Waals surface area contributed by atoms with Gasteiger partial charge in [0.2, 0.25) is 0 Å². The zero-order chi connectivity index (χ0) is 12.8. The monoisotopic (exact) mass is 244 g/mol. The fourth-order valence-corrected chi connectivity index (χ4v) is 3.07. The van der Waals surface area contributed by atoms with Crippen LogP contribution in [0.5, 0.6) is 0 Å². The van der Waals surface area contributed by atoms with Gasteiger partial charge in [-0.15, -0.1) is 0 Å². The molecule has 2 heteroatoms. The third-order valence-corrected chi connectivity index (χ3v) is 3.89. The molecule has 1 aromatic rings. The first kappa shape index (κ1) is 13.2. The molecule has 2 nitrogen and oxygen atoms in total. The molecule has 1 aliphatic rings. The van der Waals surface area contributed by atoms with Gasteiger partial charge in [0, 0.05) is 12.6 Å². The van der Waals surface area contributed by atoms with Gasteiger partial charge in [-0.3, -0.25) is 0 Å². The van der Waals surface area contributed by atoms with Crippen LogP contribution in [0, 0.1) is 0 Å². The molecule has 0 amide bonds. The van der Waals surface area contributed by atoms with Crippen molar-refractivity contribution in [2.45, 2.75) is 44.2 Å². The summed E-state index contributed by atoms with van der Waals surface area (Å²) in [6.45, 7) is 4.74. The molecule has 0 saturated heterocycles. The van der Waals surface area contributed by atoms with E-state index in [0.29, 0.717) is 12.0 Å². The molecule has 0 radical (unpaired) electrons. The number of hydrogen-bond acceptors (Lipinski definition) is 2. The molecule has 18 heavy (non-hydrogen) atoms. The van der Waals surface area contributed by atoms with Crippen molar-refractivity contribution in [3.63, 3.8) is 0 Å². The molecule has 2 N–H and O–H groups in total. The molecular formula is C16H24N2. The lowest BCUT2D eigenvalue weighted by atomic mass is 9.79. The van der Waals surface area contributed by atoms with E-state index in [1.165, 1.54) is 36.8 Å². The maximum Gasteiger partial charge on any atom is 0.0261 e. The number of rotatable bonds is 5. The van der Waals surface area contributed by atoms with Crippen molar-refractivity contribution in [1.82, 2.24) is 10.6 Å². The van der Waals surface area contributed by atoms with E-state index in [0.717, 1.165) is 6.54 Å². The second-order valence-corrected chi connectivity index (χ2v) is 5.16. The second-order valence-electron chi connectivity index (χ2n) is 5.16. The number of hydrogen-bond donors (Lipinski definition) is 2. The van der Waals surface area contributed by atoms with E-state index in [1.54, 1.807) is 0 Å². The fourth-order valence-electron chi connectivity index (χ4n) is 3.07. The van der Waals surface area contributed by atoms with E-state index >= 15 is 0 Å². The highest BCUT2D eigenvalue weighted by Gasteiger charge is 2.23. The number of benzene rings is 1. The standard InChI is InChI=1S/C16H24N2/c1-3-18-15-9-6-8-13(11-15)16-10-5-4-7-14(16)12-17-2/h3-5,7,10,13,15,17-18H,1,6,8-9,11-12H2,2H3. The van der Waals surface area contributed by atoms with E-state index in [2.05, 4.69) is 41.5 Å². The molecule has 1 aromatic carbocycles. The molecule has 0 heterocycles. The Bertz CT molecular complexity index is 386. The van der Waals surface area contributed by atoms with Gasteiger partial charge in [0.05, 0.1) is 0 Å². The smallest absolute Gasteiger partial charge is 0.0261 e. The van der Waals surface area contributed by atoms with Gasteiger partial charge in [-0.1, -0.05) is 37.3 Å². The molecule has 98 valence electrons. The van der Waals surface area contributed by atoms with Gasteiger partial charge < -0.3 is 10.6 Å². The van der Waals surface area contributed by atoms with Crippen molar-refractivity contribution in [3.8, 4) is 0 Å². The summed E-state index contributed by atoms with van der Waals surface area (Å²) in [5, 5.41) is 6.65. The third kappa shape index (κ3) is 3.14. The first-order valence-corrected chi connectivity index (χ1v) is 6.94. The van der Waals surface area contributed by atoms with Crippen molar-refractivity contribution in [3.05, 3.63) is 48.2 Å². The molecule has 1 saturated carbocycles. The van der Waals surface area contributed by atoms with Gasteiger partial charge in [-0.05, 0) is 49.6 Å². The zero-order valence-corrected chi connectivity index (χ0v) is 11.3. The topological polar surface area (TPSA) is 24.1 Å². The van der Waals surface area contributed by atoms with E-state index in [1.807, 2.05) is 13.2 Å². The molecule has 2 atom stereocenters. The molecule has 0 aromatic heterocycles. The number of nitrogens with one attached hydrogen (secondary N) is 2. The Hall–Kier alpha value is -1.28. The molecule has 0 aliphatic heterocycles. The van der Waals surface area contributed by atoms with Gasteiger partial charge in [0.15, 0.2) is 0 Å². The van der Waals surface area contributed by atoms with Crippen LogP contribution in [0.15, 0.2) is 37.0 Å². The summed E-state index contributed by atoms with van der Waals surface area (Å²) in [5.74, 6) is 0.695. The van der Waals surface area contributed by atoms with Crippen LogP contribution < -0.4 is 10.6 Å². The maximum atomic E-state index is 3.78. The Morgan fingerprint density at radius 2 is 2.17 bits per heavy atom. The SMILES string of the molecule is C=CNC1CCCC(c2ccccc2CNC)C1. The van der Waals surface area contributed by atoms with Crippen molar-refractivity contribution in [1.29, 1.82) is 0 Å². The molecule has 2 unspecified atom stereocenters. The Labute approximate surface area is 110 Å². The second kappa shape index (κ2) is 6.60. The van der Waals surface area contributed by atoms with Crippen molar-refractivity contribution in [2.75, 3.05) is 7.05 Å². The van der Waals surface area contributed by atoms with Gasteiger partial charge in [-0.2, -0.15) is 0 Å².